The van der Waals surface area contributed by atoms with Crippen molar-refractivity contribution < 1.29 is 0 Å². The minimum atomic E-state index is -0.683. The molecule has 0 aliphatic heterocycles. The average Bonchev–Trinajstić information content (AvgIpc) is 2.65. The summed E-state index contributed by atoms with van der Waals surface area (Å²) in [5.74, 6) is 0.572. The standard InChI is InChI=1S/C10H11Cl7/c11-2-9(3-12)5-4(13)1-10(9,8(16)17)7(15)6(5)14/h4-8H,1-3H2. The van der Waals surface area contributed by atoms with Crippen molar-refractivity contribution in [2.24, 2.45) is 16.7 Å². The third kappa shape index (κ3) is 1.71. The van der Waals surface area contributed by atoms with Crippen LogP contribution >= 0.6 is 81.2 Å². The summed E-state index contributed by atoms with van der Waals surface area (Å²) in [6, 6.07) is 0. The Bertz CT molecular complexity index is 303. The summed E-state index contributed by atoms with van der Waals surface area (Å²) in [7, 11) is 0. The predicted molar refractivity (Wildman–Crippen MR) is 78.8 cm³/mol. The highest BCUT2D eigenvalue weighted by molar-refractivity contribution is 6.46. The maximum atomic E-state index is 6.44. The molecule has 0 radical (unpaired) electrons. The summed E-state index contributed by atoms with van der Waals surface area (Å²) in [5.41, 5.74) is -1.10. The van der Waals surface area contributed by atoms with Crippen LogP contribution in [0.5, 0.6) is 0 Å². The van der Waals surface area contributed by atoms with Gasteiger partial charge in [-0.25, -0.2) is 0 Å². The van der Waals surface area contributed by atoms with E-state index in [1.165, 1.54) is 0 Å². The first-order valence-corrected chi connectivity index (χ1v) is 8.46. The summed E-state index contributed by atoms with van der Waals surface area (Å²) >= 11 is 43.8. The molecule has 5 unspecified atom stereocenters. The van der Waals surface area contributed by atoms with Crippen molar-refractivity contribution in [3.63, 3.8) is 0 Å². The smallest absolute Gasteiger partial charge is 0.115 e. The van der Waals surface area contributed by atoms with Crippen LogP contribution < -0.4 is 0 Å². The Labute approximate surface area is 136 Å². The minimum absolute atomic E-state index is 0.0525. The van der Waals surface area contributed by atoms with E-state index in [0.717, 1.165) is 0 Å². The van der Waals surface area contributed by atoms with Crippen molar-refractivity contribution in [1.29, 1.82) is 0 Å². The molecule has 0 N–H and O–H groups in total. The lowest BCUT2D eigenvalue weighted by atomic mass is 9.70. The van der Waals surface area contributed by atoms with Gasteiger partial charge in [-0.1, -0.05) is 0 Å². The van der Waals surface area contributed by atoms with E-state index in [1.54, 1.807) is 0 Å². The molecule has 0 spiro atoms. The number of alkyl halides is 7. The number of hydrogen-bond acceptors (Lipinski definition) is 0. The summed E-state index contributed by atoms with van der Waals surface area (Å²) in [5, 5.41) is -0.794. The summed E-state index contributed by atoms with van der Waals surface area (Å²) in [6.45, 7) is 0. The molecule has 0 nitrogen and oxygen atoms in total. The van der Waals surface area contributed by atoms with Crippen molar-refractivity contribution >= 4 is 81.2 Å². The Morgan fingerprint density at radius 2 is 1.59 bits per heavy atom. The fourth-order valence-electron chi connectivity index (χ4n) is 3.56. The maximum absolute atomic E-state index is 6.44. The van der Waals surface area contributed by atoms with Gasteiger partial charge >= 0.3 is 0 Å². The molecule has 2 rings (SSSR count). The van der Waals surface area contributed by atoms with Crippen LogP contribution in [-0.2, 0) is 0 Å². The van der Waals surface area contributed by atoms with Gasteiger partial charge in [0.2, 0.25) is 0 Å². The number of fused-ring (bicyclic) bond motifs is 2. The normalized spacial score (nSPS) is 48.0. The number of halogens is 7. The molecular formula is C10H11Cl7. The van der Waals surface area contributed by atoms with Crippen LogP contribution in [0.25, 0.3) is 0 Å². The van der Waals surface area contributed by atoms with E-state index in [-0.39, 0.29) is 22.0 Å². The Morgan fingerprint density at radius 3 is 1.94 bits per heavy atom. The SMILES string of the molecule is ClCC1(CCl)C2C(Cl)CC1(C(Cl)Cl)C(Cl)C2Cl. The first-order valence-electron chi connectivity index (χ1n) is 5.21. The third-order valence-electron chi connectivity index (χ3n) is 4.47. The first kappa shape index (κ1) is 15.4. The third-order valence-corrected chi connectivity index (χ3v) is 7.94. The quantitative estimate of drug-likeness (QED) is 0.599. The molecule has 2 aliphatic rings. The van der Waals surface area contributed by atoms with Gasteiger partial charge in [-0.3, -0.25) is 0 Å². The molecule has 0 heterocycles. The van der Waals surface area contributed by atoms with Gasteiger partial charge in [0, 0.05) is 33.9 Å². The zero-order valence-corrected chi connectivity index (χ0v) is 13.9. The Kier molecular flexibility index (Phi) is 4.62. The van der Waals surface area contributed by atoms with Crippen LogP contribution in [0.2, 0.25) is 0 Å². The lowest BCUT2D eigenvalue weighted by molar-refractivity contribution is 0.156. The van der Waals surface area contributed by atoms with E-state index in [0.29, 0.717) is 18.2 Å². The Balaban J connectivity index is 2.58. The van der Waals surface area contributed by atoms with Gasteiger partial charge in [0.25, 0.3) is 0 Å². The first-order chi connectivity index (χ1) is 7.89. The van der Waals surface area contributed by atoms with Crippen molar-refractivity contribution in [1.82, 2.24) is 0 Å². The largest absolute Gasteiger partial charge is 0.126 e. The van der Waals surface area contributed by atoms with Crippen LogP contribution in [0, 0.1) is 16.7 Å². The van der Waals surface area contributed by atoms with Crippen LogP contribution in [0.3, 0.4) is 0 Å². The molecule has 0 amide bonds. The fraction of sp³-hybridized carbons (Fsp3) is 1.00. The van der Waals surface area contributed by atoms with Crippen LogP contribution in [-0.4, -0.2) is 32.7 Å². The second-order valence-electron chi connectivity index (χ2n) is 4.86. The molecule has 0 saturated heterocycles. The number of hydrogen-bond donors (Lipinski definition) is 0. The minimum Gasteiger partial charge on any atom is -0.126 e. The lowest BCUT2D eigenvalue weighted by Gasteiger charge is -2.43. The second kappa shape index (κ2) is 5.10. The topological polar surface area (TPSA) is 0 Å². The van der Waals surface area contributed by atoms with Gasteiger partial charge in [-0.15, -0.1) is 81.2 Å². The van der Waals surface area contributed by atoms with E-state index >= 15 is 0 Å². The van der Waals surface area contributed by atoms with Gasteiger partial charge in [0.05, 0.1) is 10.8 Å². The number of rotatable bonds is 3. The molecule has 0 aromatic carbocycles. The summed E-state index contributed by atoms with van der Waals surface area (Å²) < 4.78 is 0. The van der Waals surface area contributed by atoms with Gasteiger partial charge in [0.15, 0.2) is 0 Å². The monoisotopic (exact) mass is 376 g/mol. The average molecular weight is 379 g/mol. The van der Waals surface area contributed by atoms with E-state index in [1.807, 2.05) is 0 Å². The van der Waals surface area contributed by atoms with Gasteiger partial charge in [-0.05, 0) is 6.42 Å². The Morgan fingerprint density at radius 1 is 1.06 bits per heavy atom. The highest BCUT2D eigenvalue weighted by atomic mass is 35.5. The van der Waals surface area contributed by atoms with Crippen LogP contribution in [0.1, 0.15) is 6.42 Å². The van der Waals surface area contributed by atoms with Gasteiger partial charge < -0.3 is 0 Å². The molecule has 0 aromatic rings. The molecule has 5 atom stereocenters. The fourth-order valence-corrected chi connectivity index (χ4v) is 7.67. The highest BCUT2D eigenvalue weighted by Gasteiger charge is 2.76. The molecule has 100 valence electrons. The summed E-state index contributed by atoms with van der Waals surface area (Å²) in [4.78, 5) is -0.683. The summed E-state index contributed by atoms with van der Waals surface area (Å²) in [6.07, 6.45) is 0.605. The maximum Gasteiger partial charge on any atom is 0.115 e. The zero-order chi connectivity index (χ0) is 13.0. The van der Waals surface area contributed by atoms with Crippen molar-refractivity contribution in [2.75, 3.05) is 11.8 Å². The molecule has 2 saturated carbocycles. The molecule has 2 aliphatic carbocycles. The van der Waals surface area contributed by atoms with Crippen molar-refractivity contribution in [2.45, 2.75) is 27.4 Å². The van der Waals surface area contributed by atoms with Crippen LogP contribution in [0.4, 0.5) is 0 Å². The van der Waals surface area contributed by atoms with Gasteiger partial charge in [-0.2, -0.15) is 0 Å². The predicted octanol–water partition coefficient (Wildman–Crippen LogP) is 5.10. The molecule has 2 fully saturated rings. The van der Waals surface area contributed by atoms with Gasteiger partial charge in [0.1, 0.15) is 4.84 Å². The van der Waals surface area contributed by atoms with Crippen molar-refractivity contribution in [3.8, 4) is 0 Å². The zero-order valence-electron chi connectivity index (χ0n) is 8.65. The van der Waals surface area contributed by atoms with E-state index < -0.39 is 15.7 Å². The van der Waals surface area contributed by atoms with E-state index in [9.17, 15) is 0 Å². The molecule has 7 heteroatoms. The lowest BCUT2D eigenvalue weighted by Crippen LogP contribution is -2.48. The highest BCUT2D eigenvalue weighted by Crippen LogP contribution is 2.73. The van der Waals surface area contributed by atoms with E-state index in [4.69, 9.17) is 81.2 Å². The second-order valence-corrected chi connectivity index (χ2v) is 8.02. The Hall–Kier alpha value is 2.03. The molecule has 0 aromatic heterocycles. The van der Waals surface area contributed by atoms with Crippen LogP contribution in [0.15, 0.2) is 0 Å². The molecular weight excluding hydrogens is 368 g/mol. The molecule has 17 heavy (non-hydrogen) atoms. The van der Waals surface area contributed by atoms with E-state index in [2.05, 4.69) is 0 Å². The van der Waals surface area contributed by atoms with Crippen molar-refractivity contribution in [3.05, 3.63) is 0 Å². The molecule has 2 bridgehead atoms.